The highest BCUT2D eigenvalue weighted by Crippen LogP contribution is 2.43. The first-order chi connectivity index (χ1) is 8.83. The summed E-state index contributed by atoms with van der Waals surface area (Å²) in [5.41, 5.74) is -0.574. The van der Waals surface area contributed by atoms with Gasteiger partial charge in [-0.25, -0.2) is 0 Å². The largest absolute Gasteiger partial charge is 0.506 e. The Balaban J connectivity index is 2.20. The van der Waals surface area contributed by atoms with Crippen LogP contribution in [0.2, 0.25) is 0 Å². The Labute approximate surface area is 114 Å². The fourth-order valence-electron chi connectivity index (χ4n) is 2.78. The van der Waals surface area contributed by atoms with Crippen molar-refractivity contribution in [3.63, 3.8) is 0 Å². The molecular formula is C16H21NO2. The first kappa shape index (κ1) is 13.8. The van der Waals surface area contributed by atoms with E-state index in [1.54, 1.807) is 31.3 Å². The predicted molar refractivity (Wildman–Crippen MR) is 77.9 cm³/mol. The summed E-state index contributed by atoms with van der Waals surface area (Å²) >= 11 is 0. The Hall–Kier alpha value is -1.61. The van der Waals surface area contributed by atoms with Crippen LogP contribution < -0.4 is 0 Å². The second kappa shape index (κ2) is 4.82. The van der Waals surface area contributed by atoms with Crippen molar-refractivity contribution in [3.8, 4) is 5.75 Å². The Kier molecular flexibility index (Phi) is 3.50. The van der Waals surface area contributed by atoms with Crippen LogP contribution in [-0.2, 0) is 0 Å². The van der Waals surface area contributed by atoms with Crippen LogP contribution in [0.3, 0.4) is 0 Å². The fraction of sp³-hybridized carbons (Fsp3) is 0.438. The maximum Gasteiger partial charge on any atom is 0.141 e. The first-order valence-corrected chi connectivity index (χ1v) is 6.56. The Bertz CT molecular complexity index is 515. The minimum absolute atomic E-state index is 0.0474. The van der Waals surface area contributed by atoms with Gasteiger partial charge in [0.1, 0.15) is 17.0 Å². The summed E-state index contributed by atoms with van der Waals surface area (Å²) in [6.07, 6.45) is 6.63. The Morgan fingerprint density at radius 3 is 2.63 bits per heavy atom. The molecule has 2 atom stereocenters. The summed E-state index contributed by atoms with van der Waals surface area (Å²) in [6, 6.07) is 6.86. The van der Waals surface area contributed by atoms with Crippen LogP contribution >= 0.6 is 0 Å². The van der Waals surface area contributed by atoms with E-state index in [1.807, 2.05) is 6.07 Å². The molecule has 0 aliphatic heterocycles. The van der Waals surface area contributed by atoms with Crippen LogP contribution in [0.4, 0.5) is 5.69 Å². The first-order valence-electron chi connectivity index (χ1n) is 6.56. The molecule has 0 unspecified atom stereocenters. The lowest BCUT2D eigenvalue weighted by Gasteiger charge is -2.36. The summed E-state index contributed by atoms with van der Waals surface area (Å²) < 4.78 is 0. The number of phenolic OH excluding ortho intramolecular Hbond substituents is 1. The fourth-order valence-corrected chi connectivity index (χ4v) is 2.78. The van der Waals surface area contributed by atoms with Crippen molar-refractivity contribution in [2.24, 2.45) is 16.3 Å². The van der Waals surface area contributed by atoms with Crippen LogP contribution in [0.15, 0.2) is 41.4 Å². The van der Waals surface area contributed by atoms with E-state index in [9.17, 15) is 10.2 Å². The maximum absolute atomic E-state index is 10.6. The number of nitrogens with zero attached hydrogens (tertiary/aromatic N) is 1. The quantitative estimate of drug-likeness (QED) is 0.645. The summed E-state index contributed by atoms with van der Waals surface area (Å²) in [5.74, 6) is 0.216. The maximum atomic E-state index is 10.6. The smallest absolute Gasteiger partial charge is 0.141 e. The summed E-state index contributed by atoms with van der Waals surface area (Å²) in [5, 5.41) is 20.3. The van der Waals surface area contributed by atoms with Gasteiger partial charge in [-0.3, -0.25) is 4.99 Å². The van der Waals surface area contributed by atoms with Gasteiger partial charge in [0, 0.05) is 12.1 Å². The van der Waals surface area contributed by atoms with Gasteiger partial charge in [0.15, 0.2) is 0 Å². The second-order valence-corrected chi connectivity index (χ2v) is 5.98. The van der Waals surface area contributed by atoms with Gasteiger partial charge in [0.2, 0.25) is 0 Å². The molecule has 0 spiro atoms. The number of aliphatic imine (C=N–C) groups is 1. The van der Waals surface area contributed by atoms with E-state index in [0.29, 0.717) is 5.69 Å². The molecular weight excluding hydrogens is 238 g/mol. The third-order valence-electron chi connectivity index (χ3n) is 3.87. The molecule has 0 saturated carbocycles. The highest BCUT2D eigenvalue weighted by molar-refractivity contribution is 5.74. The van der Waals surface area contributed by atoms with Crippen LogP contribution in [0.5, 0.6) is 5.75 Å². The van der Waals surface area contributed by atoms with E-state index < -0.39 is 5.60 Å². The zero-order valence-corrected chi connectivity index (χ0v) is 11.7. The van der Waals surface area contributed by atoms with Gasteiger partial charge in [-0.2, -0.15) is 0 Å². The predicted octanol–water partition coefficient (Wildman–Crippen LogP) is 3.45. The topological polar surface area (TPSA) is 52.8 Å². The number of rotatable bonds is 3. The third kappa shape index (κ3) is 2.87. The number of aromatic hydroxyl groups is 1. The normalized spacial score (nSPS) is 24.7. The molecule has 0 heterocycles. The molecule has 0 saturated heterocycles. The van der Waals surface area contributed by atoms with Crippen molar-refractivity contribution in [2.75, 3.05) is 0 Å². The van der Waals surface area contributed by atoms with Gasteiger partial charge in [0.25, 0.3) is 0 Å². The van der Waals surface area contributed by atoms with Gasteiger partial charge >= 0.3 is 0 Å². The zero-order chi connectivity index (χ0) is 14.1. The Morgan fingerprint density at radius 2 is 2.05 bits per heavy atom. The van der Waals surface area contributed by atoms with E-state index in [1.165, 1.54) is 0 Å². The van der Waals surface area contributed by atoms with Crippen LogP contribution in [0.1, 0.15) is 27.2 Å². The van der Waals surface area contributed by atoms with Gasteiger partial charge in [0.05, 0.1) is 0 Å². The molecule has 2 rings (SSSR count). The number of allylic oxidation sites excluding steroid dienone is 2. The average molecular weight is 259 g/mol. The number of benzene rings is 1. The van der Waals surface area contributed by atoms with E-state index in [0.717, 1.165) is 6.42 Å². The van der Waals surface area contributed by atoms with Crippen molar-refractivity contribution in [3.05, 3.63) is 36.4 Å². The van der Waals surface area contributed by atoms with Gasteiger partial charge in [-0.1, -0.05) is 38.1 Å². The highest BCUT2D eigenvalue weighted by atomic mass is 16.3. The van der Waals surface area contributed by atoms with E-state index in [2.05, 4.69) is 31.0 Å². The molecule has 1 aliphatic carbocycles. The van der Waals surface area contributed by atoms with Crippen molar-refractivity contribution in [1.82, 2.24) is 0 Å². The van der Waals surface area contributed by atoms with Crippen molar-refractivity contribution >= 4 is 11.9 Å². The van der Waals surface area contributed by atoms with Crippen molar-refractivity contribution in [2.45, 2.75) is 32.8 Å². The highest BCUT2D eigenvalue weighted by Gasteiger charge is 2.42. The van der Waals surface area contributed by atoms with E-state index in [-0.39, 0.29) is 17.1 Å². The van der Waals surface area contributed by atoms with Crippen LogP contribution in [0, 0.1) is 11.3 Å². The minimum atomic E-state index is -1.00. The van der Waals surface area contributed by atoms with Crippen LogP contribution in [0.25, 0.3) is 0 Å². The standard InChI is InChI=1S/C16H21NO2/c1-15(2)10-6-9-14(15)16(3,19)11-17-12-7-4-5-8-13(12)18/h4-8,10-11,14,18-19H,9H2,1-3H3/t14-,16+/m1/s1. The Morgan fingerprint density at radius 1 is 1.37 bits per heavy atom. The molecule has 3 heteroatoms. The molecule has 3 nitrogen and oxygen atoms in total. The van der Waals surface area contributed by atoms with Crippen LogP contribution in [-0.4, -0.2) is 22.0 Å². The SMILES string of the molecule is CC1(C)C=CC[C@H]1[C@@](C)(O)C=Nc1ccccc1O. The van der Waals surface area contributed by atoms with Crippen molar-refractivity contribution in [1.29, 1.82) is 0 Å². The van der Waals surface area contributed by atoms with Crippen molar-refractivity contribution < 1.29 is 10.2 Å². The molecule has 0 bridgehead atoms. The molecule has 1 aliphatic rings. The lowest BCUT2D eigenvalue weighted by Crippen LogP contribution is -2.42. The number of para-hydroxylation sites is 2. The minimum Gasteiger partial charge on any atom is -0.506 e. The number of hydrogen-bond donors (Lipinski definition) is 2. The number of phenols is 1. The lowest BCUT2D eigenvalue weighted by atomic mass is 9.73. The van der Waals surface area contributed by atoms with Gasteiger partial charge in [-0.05, 0) is 30.9 Å². The molecule has 0 fully saturated rings. The molecule has 2 N–H and O–H groups in total. The second-order valence-electron chi connectivity index (χ2n) is 5.98. The molecule has 0 radical (unpaired) electrons. The van der Waals surface area contributed by atoms with E-state index in [4.69, 9.17) is 0 Å². The lowest BCUT2D eigenvalue weighted by molar-refractivity contribution is 0.0316. The molecule has 19 heavy (non-hydrogen) atoms. The summed E-state index contributed by atoms with van der Waals surface area (Å²) in [7, 11) is 0. The number of aliphatic hydroxyl groups is 1. The van der Waals surface area contributed by atoms with E-state index >= 15 is 0 Å². The van der Waals surface area contributed by atoms with Gasteiger partial charge in [-0.15, -0.1) is 0 Å². The number of hydrogen-bond acceptors (Lipinski definition) is 3. The molecule has 0 amide bonds. The molecule has 0 aromatic heterocycles. The summed E-state index contributed by atoms with van der Waals surface area (Å²) in [4.78, 5) is 4.23. The molecule has 102 valence electrons. The van der Waals surface area contributed by atoms with Gasteiger partial charge < -0.3 is 10.2 Å². The zero-order valence-electron chi connectivity index (χ0n) is 11.7. The molecule has 1 aromatic carbocycles. The summed E-state index contributed by atoms with van der Waals surface area (Å²) in [6.45, 7) is 6.00. The third-order valence-corrected chi connectivity index (χ3v) is 3.87. The molecule has 1 aromatic rings. The monoisotopic (exact) mass is 259 g/mol. The average Bonchev–Trinajstić information content (AvgIpc) is 2.69.